The molecule has 0 radical (unpaired) electrons. The Bertz CT molecular complexity index is 906. The van der Waals surface area contributed by atoms with E-state index in [1.165, 1.54) is 24.6 Å². The zero-order valence-corrected chi connectivity index (χ0v) is 17.9. The molecule has 3 heterocycles. The Hall–Kier alpha value is -1.43. The number of tetrazole rings is 1. The summed E-state index contributed by atoms with van der Waals surface area (Å²) in [6.45, 7) is 3.56. The van der Waals surface area contributed by atoms with Gasteiger partial charge in [-0.1, -0.05) is 11.8 Å². The van der Waals surface area contributed by atoms with Crippen LogP contribution in [0.5, 0.6) is 0 Å². The van der Waals surface area contributed by atoms with Gasteiger partial charge in [-0.25, -0.2) is 9.67 Å². The Morgan fingerprint density at radius 2 is 2.07 bits per heavy atom. The number of hydrogen-bond donors (Lipinski definition) is 0. The van der Waals surface area contributed by atoms with Gasteiger partial charge in [0.15, 0.2) is 0 Å². The first-order valence-corrected chi connectivity index (χ1v) is 10.3. The summed E-state index contributed by atoms with van der Waals surface area (Å²) >= 11 is 3.20. The molecule has 12 heteroatoms. The van der Waals surface area contributed by atoms with Crippen LogP contribution in [0.3, 0.4) is 0 Å². The maximum Gasteiger partial charge on any atom is 0.254 e. The minimum absolute atomic E-state index is 0. The highest BCUT2D eigenvalue weighted by Gasteiger charge is 2.22. The molecule has 0 amide bonds. The number of rotatable bonds is 8. The minimum Gasteiger partial charge on any atom is -0.308 e. The van der Waals surface area contributed by atoms with Crippen LogP contribution in [0.4, 0.5) is 0 Å². The second kappa shape index (κ2) is 8.72. The molecule has 0 bridgehead atoms. The average Bonchev–Trinajstić information content (AvgIpc) is 3.17. The molecule has 0 spiro atoms. The number of likely N-dealkylation sites (N-methyl/N-ethyl adjacent to an activating group) is 1. The fourth-order valence-electron chi connectivity index (χ4n) is 2.34. The lowest BCUT2D eigenvalue weighted by molar-refractivity contribution is 0.361. The van der Waals surface area contributed by atoms with Crippen LogP contribution in [-0.4, -0.2) is 71.1 Å². The third-order valence-corrected chi connectivity index (χ3v) is 6.03. The van der Waals surface area contributed by atoms with Crippen molar-refractivity contribution in [1.29, 1.82) is 0 Å². The Balaban J connectivity index is 0.00000210. The van der Waals surface area contributed by atoms with Crippen LogP contribution < -0.4 is 0 Å². The predicted molar refractivity (Wildman–Crippen MR) is 107 cm³/mol. The van der Waals surface area contributed by atoms with Gasteiger partial charge in [-0.3, -0.25) is 0 Å². The second-order valence-corrected chi connectivity index (χ2v) is 8.66. The van der Waals surface area contributed by atoms with Crippen molar-refractivity contribution in [3.8, 4) is 0 Å². The van der Waals surface area contributed by atoms with Crippen LogP contribution in [0.15, 0.2) is 21.4 Å². The van der Waals surface area contributed by atoms with Gasteiger partial charge in [0.1, 0.15) is 5.03 Å². The molecule has 27 heavy (non-hydrogen) atoms. The molecule has 9 nitrogen and oxygen atoms in total. The van der Waals surface area contributed by atoms with Crippen LogP contribution in [0, 0.1) is 12.8 Å². The van der Waals surface area contributed by atoms with Crippen LogP contribution in [-0.2, 0) is 6.54 Å². The predicted octanol–water partition coefficient (Wildman–Crippen LogP) is 2.06. The summed E-state index contributed by atoms with van der Waals surface area (Å²) in [5.41, 5.74) is 0.901. The SMILES string of the molecule is Cc1cc(Sc2nnnn2CCN(C)C)n2nc(SCC3CC3)nc2n1.Cl. The molecular formula is C15H22ClN9S2. The summed E-state index contributed by atoms with van der Waals surface area (Å²) in [7, 11) is 4.06. The van der Waals surface area contributed by atoms with E-state index in [-0.39, 0.29) is 12.4 Å². The number of hydrogen-bond acceptors (Lipinski definition) is 9. The summed E-state index contributed by atoms with van der Waals surface area (Å²) in [5.74, 6) is 2.54. The van der Waals surface area contributed by atoms with Crippen molar-refractivity contribution >= 4 is 41.7 Å². The number of halogens is 1. The lowest BCUT2D eigenvalue weighted by Gasteiger charge is -2.10. The van der Waals surface area contributed by atoms with E-state index >= 15 is 0 Å². The van der Waals surface area contributed by atoms with E-state index in [1.54, 1.807) is 16.3 Å². The third kappa shape index (κ3) is 5.09. The maximum absolute atomic E-state index is 4.64. The molecule has 1 saturated carbocycles. The van der Waals surface area contributed by atoms with Gasteiger partial charge >= 0.3 is 0 Å². The largest absolute Gasteiger partial charge is 0.308 e. The van der Waals surface area contributed by atoms with Crippen molar-refractivity contribution in [3.05, 3.63) is 11.8 Å². The molecule has 146 valence electrons. The van der Waals surface area contributed by atoms with Crippen LogP contribution in [0.1, 0.15) is 18.5 Å². The zero-order chi connectivity index (χ0) is 18.1. The van der Waals surface area contributed by atoms with Crippen molar-refractivity contribution in [1.82, 2.24) is 44.7 Å². The summed E-state index contributed by atoms with van der Waals surface area (Å²) in [6.07, 6.45) is 2.66. The molecule has 3 aromatic heterocycles. The van der Waals surface area contributed by atoms with E-state index < -0.39 is 0 Å². The molecule has 4 rings (SSSR count). The number of fused-ring (bicyclic) bond motifs is 1. The average molecular weight is 428 g/mol. The molecule has 0 aromatic carbocycles. The van der Waals surface area contributed by atoms with Crippen molar-refractivity contribution < 1.29 is 0 Å². The topological polar surface area (TPSA) is 89.9 Å². The molecular weight excluding hydrogens is 406 g/mol. The smallest absolute Gasteiger partial charge is 0.254 e. The number of thioether (sulfide) groups is 1. The highest BCUT2D eigenvalue weighted by atomic mass is 35.5. The monoisotopic (exact) mass is 427 g/mol. The molecule has 1 aliphatic carbocycles. The first-order chi connectivity index (χ1) is 12.6. The molecule has 1 aliphatic rings. The molecule has 0 unspecified atom stereocenters. The van der Waals surface area contributed by atoms with Gasteiger partial charge in [-0.2, -0.15) is 9.50 Å². The van der Waals surface area contributed by atoms with E-state index in [2.05, 4.69) is 35.5 Å². The van der Waals surface area contributed by atoms with E-state index in [1.807, 2.05) is 31.8 Å². The van der Waals surface area contributed by atoms with Gasteiger partial charge < -0.3 is 4.90 Å². The maximum atomic E-state index is 4.64. The van der Waals surface area contributed by atoms with Gasteiger partial charge in [0.2, 0.25) is 10.3 Å². The minimum atomic E-state index is 0. The van der Waals surface area contributed by atoms with Gasteiger partial charge in [-0.15, -0.1) is 22.6 Å². The van der Waals surface area contributed by atoms with Gasteiger partial charge in [0.25, 0.3) is 5.78 Å². The van der Waals surface area contributed by atoms with Crippen molar-refractivity contribution in [2.75, 3.05) is 26.4 Å². The summed E-state index contributed by atoms with van der Waals surface area (Å²) < 4.78 is 3.60. The lowest BCUT2D eigenvalue weighted by Crippen LogP contribution is -2.19. The van der Waals surface area contributed by atoms with E-state index in [9.17, 15) is 0 Å². The van der Waals surface area contributed by atoms with E-state index in [4.69, 9.17) is 0 Å². The molecule has 3 aromatic rings. The summed E-state index contributed by atoms with van der Waals surface area (Å²) in [5, 5.41) is 19.1. The molecule has 0 N–H and O–H groups in total. The Labute approximate surface area is 172 Å². The second-order valence-electron chi connectivity index (χ2n) is 6.69. The fourth-order valence-corrected chi connectivity index (χ4v) is 4.28. The summed E-state index contributed by atoms with van der Waals surface area (Å²) in [4.78, 5) is 11.2. The molecule has 0 aliphatic heterocycles. The number of aryl methyl sites for hydroxylation is 1. The van der Waals surface area contributed by atoms with E-state index in [0.717, 1.165) is 45.8 Å². The fraction of sp³-hybridized carbons (Fsp3) is 0.600. The first-order valence-electron chi connectivity index (χ1n) is 8.54. The van der Waals surface area contributed by atoms with Crippen LogP contribution in [0.2, 0.25) is 0 Å². The molecule has 1 fully saturated rings. The number of aromatic nitrogens is 8. The molecule has 0 saturated heterocycles. The van der Waals surface area contributed by atoms with E-state index in [0.29, 0.717) is 5.78 Å². The zero-order valence-electron chi connectivity index (χ0n) is 15.4. The lowest BCUT2D eigenvalue weighted by atomic mass is 10.5. The molecule has 0 atom stereocenters. The van der Waals surface area contributed by atoms with Crippen molar-refractivity contribution in [2.45, 2.75) is 41.6 Å². The normalized spacial score (nSPS) is 14.1. The quantitative estimate of drug-likeness (QED) is 0.395. The van der Waals surface area contributed by atoms with Crippen LogP contribution >= 0.6 is 35.9 Å². The third-order valence-electron chi connectivity index (χ3n) is 3.99. The first kappa shape index (κ1) is 20.3. The summed E-state index contributed by atoms with van der Waals surface area (Å²) in [6, 6.07) is 1.99. The van der Waals surface area contributed by atoms with Crippen molar-refractivity contribution in [2.24, 2.45) is 5.92 Å². The Morgan fingerprint density at radius 1 is 1.26 bits per heavy atom. The van der Waals surface area contributed by atoms with Gasteiger partial charge in [0.05, 0.1) is 6.54 Å². The Morgan fingerprint density at radius 3 is 2.81 bits per heavy atom. The standard InChI is InChI=1S/C15H21N9S2.ClH/c1-10-8-12(26-15-18-20-21-23(15)7-6-22(2)3)24-13(16-10)17-14(19-24)25-9-11-4-5-11;/h8,11H,4-7,9H2,1-3H3;1H. The highest BCUT2D eigenvalue weighted by Crippen LogP contribution is 2.34. The Kier molecular flexibility index (Phi) is 6.56. The van der Waals surface area contributed by atoms with Crippen LogP contribution in [0.25, 0.3) is 5.78 Å². The highest BCUT2D eigenvalue weighted by molar-refractivity contribution is 7.99. The van der Waals surface area contributed by atoms with Gasteiger partial charge in [0, 0.05) is 18.0 Å². The van der Waals surface area contributed by atoms with Gasteiger partial charge in [-0.05, 0) is 68.0 Å². The van der Waals surface area contributed by atoms with Crippen molar-refractivity contribution in [3.63, 3.8) is 0 Å². The number of nitrogens with zero attached hydrogens (tertiary/aromatic N) is 9.